The Morgan fingerprint density at radius 3 is 2.62 bits per heavy atom. The summed E-state index contributed by atoms with van der Waals surface area (Å²) in [5, 5.41) is 3.35. The molecule has 0 bridgehead atoms. The number of nitrogens with one attached hydrogen (secondary N) is 1. The lowest BCUT2D eigenvalue weighted by atomic mass is 10.0. The molecule has 0 fully saturated rings. The van der Waals surface area contributed by atoms with Gasteiger partial charge in [-0.1, -0.05) is 6.92 Å². The summed E-state index contributed by atoms with van der Waals surface area (Å²) in [6.07, 6.45) is 1.02. The third-order valence-corrected chi connectivity index (χ3v) is 2.52. The minimum Gasteiger partial charge on any atom is -0.476 e. The van der Waals surface area contributed by atoms with Crippen LogP contribution in [0.2, 0.25) is 0 Å². The van der Waals surface area contributed by atoms with Crippen LogP contribution >= 0.6 is 0 Å². The summed E-state index contributed by atoms with van der Waals surface area (Å²) in [7, 11) is 0. The van der Waals surface area contributed by atoms with Gasteiger partial charge in [-0.15, -0.1) is 0 Å². The summed E-state index contributed by atoms with van der Waals surface area (Å²) in [6.45, 7) is 8.87. The topological polar surface area (TPSA) is 60.2 Å². The van der Waals surface area contributed by atoms with Crippen molar-refractivity contribution in [2.45, 2.75) is 39.7 Å². The standard InChI is InChI=1S/C12H21N3O/c1-5-12(3,4)15-10-8-7-9(13)11(14-10)16-6-2/h7-8H,5-6,13H2,1-4H3,(H,14,15). The molecule has 0 aliphatic carbocycles. The second-order valence-electron chi connectivity index (χ2n) is 4.39. The van der Waals surface area contributed by atoms with Crippen LogP contribution in [0.15, 0.2) is 12.1 Å². The summed E-state index contributed by atoms with van der Waals surface area (Å²) in [5.41, 5.74) is 6.35. The Morgan fingerprint density at radius 2 is 2.06 bits per heavy atom. The van der Waals surface area contributed by atoms with Crippen LogP contribution in [0.1, 0.15) is 34.1 Å². The molecule has 4 nitrogen and oxygen atoms in total. The quantitative estimate of drug-likeness (QED) is 0.805. The zero-order chi connectivity index (χ0) is 12.2. The molecule has 1 aromatic rings. The monoisotopic (exact) mass is 223 g/mol. The largest absolute Gasteiger partial charge is 0.476 e. The molecule has 0 atom stereocenters. The van der Waals surface area contributed by atoms with Crippen molar-refractivity contribution in [1.82, 2.24) is 4.98 Å². The lowest BCUT2D eigenvalue weighted by Gasteiger charge is -2.25. The fraction of sp³-hybridized carbons (Fsp3) is 0.583. The maximum Gasteiger partial charge on any atom is 0.239 e. The van der Waals surface area contributed by atoms with E-state index in [2.05, 4.69) is 31.1 Å². The third kappa shape index (κ3) is 3.29. The van der Waals surface area contributed by atoms with E-state index < -0.39 is 0 Å². The van der Waals surface area contributed by atoms with E-state index in [9.17, 15) is 0 Å². The number of anilines is 2. The van der Waals surface area contributed by atoms with Crippen molar-refractivity contribution in [3.8, 4) is 5.88 Å². The SMILES string of the molecule is CCOc1nc(NC(C)(C)CC)ccc1N. The van der Waals surface area contributed by atoms with Crippen molar-refractivity contribution in [1.29, 1.82) is 0 Å². The molecule has 0 aliphatic rings. The number of aromatic nitrogens is 1. The number of ether oxygens (including phenoxy) is 1. The summed E-state index contributed by atoms with van der Waals surface area (Å²) < 4.78 is 5.35. The second-order valence-corrected chi connectivity index (χ2v) is 4.39. The van der Waals surface area contributed by atoms with Crippen molar-refractivity contribution in [2.75, 3.05) is 17.7 Å². The Labute approximate surface area is 97.2 Å². The number of nitrogens with two attached hydrogens (primary N) is 1. The second kappa shape index (κ2) is 5.05. The Hall–Kier alpha value is -1.45. The van der Waals surface area contributed by atoms with Crippen LogP contribution in [0.5, 0.6) is 5.88 Å². The first kappa shape index (κ1) is 12.6. The predicted molar refractivity (Wildman–Crippen MR) is 67.8 cm³/mol. The first-order valence-electron chi connectivity index (χ1n) is 5.66. The van der Waals surface area contributed by atoms with Gasteiger partial charge in [0.15, 0.2) is 0 Å². The first-order valence-corrected chi connectivity index (χ1v) is 5.66. The molecule has 0 spiro atoms. The Kier molecular flexibility index (Phi) is 3.99. The molecule has 0 amide bonds. The molecule has 1 rings (SSSR count). The van der Waals surface area contributed by atoms with Crippen LogP contribution < -0.4 is 15.8 Å². The number of nitrogen functional groups attached to an aromatic ring is 1. The molecule has 1 aromatic heterocycles. The van der Waals surface area contributed by atoms with E-state index in [1.807, 2.05) is 19.1 Å². The summed E-state index contributed by atoms with van der Waals surface area (Å²) in [4.78, 5) is 4.34. The highest BCUT2D eigenvalue weighted by molar-refractivity contribution is 5.54. The van der Waals surface area contributed by atoms with E-state index in [1.165, 1.54) is 0 Å². The van der Waals surface area contributed by atoms with Gasteiger partial charge in [0.05, 0.1) is 12.3 Å². The molecule has 0 aromatic carbocycles. The van der Waals surface area contributed by atoms with Gasteiger partial charge in [0.25, 0.3) is 0 Å². The van der Waals surface area contributed by atoms with E-state index in [0.717, 1.165) is 12.2 Å². The zero-order valence-electron chi connectivity index (χ0n) is 10.5. The van der Waals surface area contributed by atoms with Gasteiger partial charge >= 0.3 is 0 Å². The number of rotatable bonds is 5. The van der Waals surface area contributed by atoms with Gasteiger partial charge in [0, 0.05) is 5.54 Å². The van der Waals surface area contributed by atoms with E-state index in [1.54, 1.807) is 0 Å². The first-order chi connectivity index (χ1) is 7.48. The lowest BCUT2D eigenvalue weighted by molar-refractivity contribution is 0.329. The van der Waals surface area contributed by atoms with Gasteiger partial charge in [-0.05, 0) is 39.3 Å². The van der Waals surface area contributed by atoms with Crippen molar-refractivity contribution >= 4 is 11.5 Å². The molecule has 3 N–H and O–H groups in total. The van der Waals surface area contributed by atoms with Gasteiger partial charge in [-0.2, -0.15) is 4.98 Å². The molecular formula is C12H21N3O. The number of hydrogen-bond donors (Lipinski definition) is 2. The number of pyridine rings is 1. The third-order valence-electron chi connectivity index (χ3n) is 2.52. The number of nitrogens with zero attached hydrogens (tertiary/aromatic N) is 1. The average Bonchev–Trinajstić information content (AvgIpc) is 2.23. The van der Waals surface area contributed by atoms with Crippen LogP contribution in [-0.2, 0) is 0 Å². The van der Waals surface area contributed by atoms with E-state index in [-0.39, 0.29) is 5.54 Å². The van der Waals surface area contributed by atoms with Crippen molar-refractivity contribution in [2.24, 2.45) is 0 Å². The van der Waals surface area contributed by atoms with E-state index in [0.29, 0.717) is 18.2 Å². The molecule has 0 aliphatic heterocycles. The zero-order valence-corrected chi connectivity index (χ0v) is 10.5. The van der Waals surface area contributed by atoms with Crippen LogP contribution in [0.3, 0.4) is 0 Å². The molecule has 1 heterocycles. The highest BCUT2D eigenvalue weighted by Crippen LogP contribution is 2.23. The lowest BCUT2D eigenvalue weighted by Crippen LogP contribution is -2.30. The highest BCUT2D eigenvalue weighted by Gasteiger charge is 2.15. The van der Waals surface area contributed by atoms with E-state index >= 15 is 0 Å². The van der Waals surface area contributed by atoms with Crippen molar-refractivity contribution < 1.29 is 4.74 Å². The summed E-state index contributed by atoms with van der Waals surface area (Å²) in [5.74, 6) is 1.30. The van der Waals surface area contributed by atoms with Gasteiger partial charge in [-0.25, -0.2) is 0 Å². The van der Waals surface area contributed by atoms with Crippen LogP contribution in [0.4, 0.5) is 11.5 Å². The molecule has 0 saturated carbocycles. The molecule has 0 saturated heterocycles. The fourth-order valence-corrected chi connectivity index (χ4v) is 1.21. The smallest absolute Gasteiger partial charge is 0.239 e. The van der Waals surface area contributed by atoms with E-state index in [4.69, 9.17) is 10.5 Å². The maximum atomic E-state index is 5.76. The number of hydrogen-bond acceptors (Lipinski definition) is 4. The van der Waals surface area contributed by atoms with Crippen LogP contribution in [0, 0.1) is 0 Å². The highest BCUT2D eigenvalue weighted by atomic mass is 16.5. The molecular weight excluding hydrogens is 202 g/mol. The maximum absolute atomic E-state index is 5.76. The Bertz CT molecular complexity index is 350. The van der Waals surface area contributed by atoms with Crippen LogP contribution in [-0.4, -0.2) is 17.1 Å². The Morgan fingerprint density at radius 1 is 1.38 bits per heavy atom. The average molecular weight is 223 g/mol. The predicted octanol–water partition coefficient (Wildman–Crippen LogP) is 2.66. The molecule has 4 heteroatoms. The molecule has 16 heavy (non-hydrogen) atoms. The van der Waals surface area contributed by atoms with Gasteiger partial charge < -0.3 is 15.8 Å². The van der Waals surface area contributed by atoms with Gasteiger partial charge in [-0.3, -0.25) is 0 Å². The molecule has 0 unspecified atom stereocenters. The Balaban J connectivity index is 2.86. The minimum atomic E-state index is 0.0204. The summed E-state index contributed by atoms with van der Waals surface area (Å²) >= 11 is 0. The van der Waals surface area contributed by atoms with Crippen LogP contribution in [0.25, 0.3) is 0 Å². The normalized spacial score (nSPS) is 11.2. The van der Waals surface area contributed by atoms with Gasteiger partial charge in [0.2, 0.25) is 5.88 Å². The molecule has 0 radical (unpaired) electrons. The minimum absolute atomic E-state index is 0.0204. The van der Waals surface area contributed by atoms with Crippen molar-refractivity contribution in [3.05, 3.63) is 12.1 Å². The van der Waals surface area contributed by atoms with Crippen molar-refractivity contribution in [3.63, 3.8) is 0 Å². The fourth-order valence-electron chi connectivity index (χ4n) is 1.21. The molecule has 90 valence electrons. The van der Waals surface area contributed by atoms with Gasteiger partial charge in [0.1, 0.15) is 5.82 Å². The summed E-state index contributed by atoms with van der Waals surface area (Å²) in [6, 6.07) is 3.68.